The fourth-order valence-electron chi connectivity index (χ4n) is 5.34. The van der Waals surface area contributed by atoms with Crippen molar-refractivity contribution in [2.75, 3.05) is 44.2 Å². The lowest BCUT2D eigenvalue weighted by atomic mass is 10.0. The van der Waals surface area contributed by atoms with Gasteiger partial charge in [0.05, 0.1) is 0 Å². The van der Waals surface area contributed by atoms with Crippen molar-refractivity contribution in [3.8, 4) is 0 Å². The van der Waals surface area contributed by atoms with E-state index in [0.717, 1.165) is 62.3 Å². The number of piperidine rings is 1. The van der Waals surface area contributed by atoms with E-state index in [0.29, 0.717) is 24.1 Å². The summed E-state index contributed by atoms with van der Waals surface area (Å²) in [6.45, 7) is 11.4. The van der Waals surface area contributed by atoms with Gasteiger partial charge in [-0.3, -0.25) is 4.79 Å². The van der Waals surface area contributed by atoms with Crippen LogP contribution in [-0.2, 0) is 13.6 Å². The Morgan fingerprint density at radius 1 is 1.24 bits per heavy atom. The van der Waals surface area contributed by atoms with Gasteiger partial charge in [0.2, 0.25) is 0 Å². The van der Waals surface area contributed by atoms with Crippen molar-refractivity contribution in [3.63, 3.8) is 0 Å². The van der Waals surface area contributed by atoms with Crippen LogP contribution in [0.1, 0.15) is 41.5 Å². The lowest BCUT2D eigenvalue weighted by Crippen LogP contribution is -2.29. The van der Waals surface area contributed by atoms with E-state index >= 15 is 0 Å². The van der Waals surface area contributed by atoms with E-state index in [4.69, 9.17) is 0 Å². The number of rotatable bonds is 6. The highest BCUT2D eigenvalue weighted by Gasteiger charge is 2.37. The van der Waals surface area contributed by atoms with Crippen LogP contribution in [0.4, 0.5) is 5.82 Å². The van der Waals surface area contributed by atoms with Crippen LogP contribution in [-0.4, -0.2) is 59.0 Å². The molecule has 178 valence electrons. The number of carbonyl (C=O) groups excluding carboxylic acids is 1. The summed E-state index contributed by atoms with van der Waals surface area (Å²) in [5, 5.41) is 6.66. The standard InChI is InChI=1S/C25H36N6OS/c1-17-6-9-31(10-7-17)33-23-11-22(29(3)18(23)2)25(32)28-14-19-5-4-8-27-24(19)30-15-20-12-26-13-21(20)16-30/h4-5,8,11,17,20-21,26H,6-7,9-10,12-16H2,1-3H3,(H,28,32). The van der Waals surface area contributed by atoms with Crippen LogP contribution in [0.25, 0.3) is 0 Å². The molecule has 0 aliphatic carbocycles. The number of aromatic nitrogens is 2. The second-order valence-electron chi connectivity index (χ2n) is 9.99. The Hall–Kier alpha value is -2.03. The largest absolute Gasteiger partial charge is 0.356 e. The molecule has 2 N–H and O–H groups in total. The van der Waals surface area contributed by atoms with Crippen molar-refractivity contribution in [2.24, 2.45) is 24.8 Å². The number of amides is 1. The highest BCUT2D eigenvalue weighted by Crippen LogP contribution is 2.33. The number of pyridine rings is 1. The Labute approximate surface area is 201 Å². The second-order valence-corrected chi connectivity index (χ2v) is 11.1. The average molecular weight is 469 g/mol. The van der Waals surface area contributed by atoms with Gasteiger partial charge in [-0.2, -0.15) is 0 Å². The lowest BCUT2D eigenvalue weighted by molar-refractivity contribution is 0.0942. The van der Waals surface area contributed by atoms with Gasteiger partial charge >= 0.3 is 0 Å². The van der Waals surface area contributed by atoms with Crippen LogP contribution in [0.5, 0.6) is 0 Å². The molecule has 8 heteroatoms. The van der Waals surface area contributed by atoms with E-state index in [9.17, 15) is 4.79 Å². The zero-order valence-electron chi connectivity index (χ0n) is 20.0. The van der Waals surface area contributed by atoms with Crippen LogP contribution in [0.2, 0.25) is 0 Å². The molecule has 2 aromatic heterocycles. The quantitative estimate of drug-likeness (QED) is 0.636. The third-order valence-corrected chi connectivity index (χ3v) is 8.92. The molecule has 0 spiro atoms. The first-order valence-corrected chi connectivity index (χ1v) is 13.0. The Morgan fingerprint density at radius 2 is 1.97 bits per heavy atom. The smallest absolute Gasteiger partial charge is 0.268 e. The third-order valence-electron chi connectivity index (χ3n) is 7.69. The number of nitrogens with zero attached hydrogens (tertiary/aromatic N) is 4. The van der Waals surface area contributed by atoms with E-state index in [2.05, 4.69) is 44.7 Å². The van der Waals surface area contributed by atoms with E-state index in [1.165, 1.54) is 17.7 Å². The van der Waals surface area contributed by atoms with Crippen molar-refractivity contribution < 1.29 is 4.79 Å². The van der Waals surface area contributed by atoms with Crippen LogP contribution in [0.15, 0.2) is 29.3 Å². The molecule has 0 bridgehead atoms. The fraction of sp³-hybridized carbons (Fsp3) is 0.600. The summed E-state index contributed by atoms with van der Waals surface area (Å²) in [5.41, 5.74) is 2.94. The molecule has 7 nitrogen and oxygen atoms in total. The summed E-state index contributed by atoms with van der Waals surface area (Å²) >= 11 is 1.80. The predicted octanol–water partition coefficient (Wildman–Crippen LogP) is 3.05. The molecule has 2 atom stereocenters. The summed E-state index contributed by atoms with van der Waals surface area (Å²) in [5.74, 6) is 3.22. The SMILES string of the molecule is Cc1c(SN2CCC(C)CC2)cc(C(=O)NCc2cccnc2N2CC3CNCC3C2)n1C. The van der Waals surface area contributed by atoms with E-state index in [1.807, 2.05) is 29.9 Å². The normalized spacial score (nSPS) is 23.8. The highest BCUT2D eigenvalue weighted by atomic mass is 32.2. The molecule has 2 unspecified atom stereocenters. The Morgan fingerprint density at radius 3 is 2.70 bits per heavy atom. The van der Waals surface area contributed by atoms with Crippen molar-refractivity contribution in [1.29, 1.82) is 0 Å². The van der Waals surface area contributed by atoms with Gasteiger partial charge in [0.15, 0.2) is 0 Å². The van der Waals surface area contributed by atoms with Crippen LogP contribution in [0, 0.1) is 24.7 Å². The number of hydrogen-bond donors (Lipinski definition) is 2. The molecule has 0 radical (unpaired) electrons. The number of anilines is 1. The maximum atomic E-state index is 13.1. The maximum Gasteiger partial charge on any atom is 0.268 e. The van der Waals surface area contributed by atoms with Gasteiger partial charge < -0.3 is 20.1 Å². The first-order valence-electron chi connectivity index (χ1n) is 12.3. The van der Waals surface area contributed by atoms with E-state index in [1.54, 1.807) is 11.9 Å². The summed E-state index contributed by atoms with van der Waals surface area (Å²) in [7, 11) is 1.99. The molecular weight excluding hydrogens is 432 g/mol. The minimum absolute atomic E-state index is 0.0305. The minimum Gasteiger partial charge on any atom is -0.356 e. The van der Waals surface area contributed by atoms with Crippen LogP contribution in [0.3, 0.4) is 0 Å². The molecule has 3 aliphatic rings. The Kier molecular flexibility index (Phi) is 6.67. The van der Waals surface area contributed by atoms with E-state index in [-0.39, 0.29) is 5.91 Å². The van der Waals surface area contributed by atoms with E-state index < -0.39 is 0 Å². The maximum absolute atomic E-state index is 13.1. The summed E-state index contributed by atoms with van der Waals surface area (Å²) in [4.78, 5) is 21.4. The zero-order chi connectivity index (χ0) is 22.9. The van der Waals surface area contributed by atoms with Crippen molar-refractivity contribution in [3.05, 3.63) is 41.3 Å². The molecule has 0 saturated carbocycles. The van der Waals surface area contributed by atoms with Crippen LogP contribution >= 0.6 is 11.9 Å². The van der Waals surface area contributed by atoms with Crippen molar-refractivity contribution in [2.45, 2.75) is 38.1 Å². The van der Waals surface area contributed by atoms with Gasteiger partial charge in [0.1, 0.15) is 11.5 Å². The van der Waals surface area contributed by atoms with Gasteiger partial charge in [-0.05, 0) is 61.6 Å². The molecule has 3 fully saturated rings. The number of carbonyl (C=O) groups is 1. The highest BCUT2D eigenvalue weighted by molar-refractivity contribution is 7.97. The van der Waals surface area contributed by atoms with Gasteiger partial charge in [0, 0.05) is 75.2 Å². The summed E-state index contributed by atoms with van der Waals surface area (Å²) in [6, 6.07) is 6.10. The second kappa shape index (κ2) is 9.68. The monoisotopic (exact) mass is 468 g/mol. The molecule has 2 aromatic rings. The number of fused-ring (bicyclic) bond motifs is 1. The zero-order valence-corrected chi connectivity index (χ0v) is 20.8. The van der Waals surface area contributed by atoms with Crippen molar-refractivity contribution in [1.82, 2.24) is 24.5 Å². The molecule has 3 aliphatic heterocycles. The molecule has 33 heavy (non-hydrogen) atoms. The van der Waals surface area contributed by atoms with Gasteiger partial charge in [-0.15, -0.1) is 0 Å². The first-order chi connectivity index (χ1) is 16.0. The summed E-state index contributed by atoms with van der Waals surface area (Å²) < 4.78 is 4.45. The molecule has 3 saturated heterocycles. The minimum atomic E-state index is -0.0305. The molecule has 5 heterocycles. The molecule has 0 aromatic carbocycles. The van der Waals surface area contributed by atoms with Crippen molar-refractivity contribution >= 4 is 23.7 Å². The Bertz CT molecular complexity index is 987. The predicted molar refractivity (Wildman–Crippen MR) is 133 cm³/mol. The van der Waals surface area contributed by atoms with Gasteiger partial charge in [-0.25, -0.2) is 9.29 Å². The molecular formula is C25H36N6OS. The van der Waals surface area contributed by atoms with Crippen LogP contribution < -0.4 is 15.5 Å². The number of nitrogens with one attached hydrogen (secondary N) is 2. The fourth-order valence-corrected chi connectivity index (χ4v) is 6.45. The third kappa shape index (κ3) is 4.79. The molecule has 1 amide bonds. The topological polar surface area (TPSA) is 65.4 Å². The molecule has 5 rings (SSSR count). The summed E-state index contributed by atoms with van der Waals surface area (Å²) in [6.07, 6.45) is 4.35. The Balaban J connectivity index is 1.24. The van der Waals surface area contributed by atoms with Gasteiger partial charge in [0.25, 0.3) is 5.91 Å². The number of hydrogen-bond acceptors (Lipinski definition) is 6. The first kappa shape index (κ1) is 22.7. The average Bonchev–Trinajstić information content (AvgIpc) is 3.50. The van der Waals surface area contributed by atoms with Gasteiger partial charge in [-0.1, -0.05) is 13.0 Å². The lowest BCUT2D eigenvalue weighted by Gasteiger charge is -2.28.